The number of benzene rings is 4. The smallest absolute Gasteiger partial charge is 0.282 e. The SMILES string of the molecule is O=S(=O)(O)c1cc2ccccc2c(N=Nc2cccc3ccccc23)c1S(=O)(=O)O. The van der Waals surface area contributed by atoms with Crippen LogP contribution >= 0.6 is 0 Å². The molecule has 4 aromatic rings. The van der Waals surface area contributed by atoms with Gasteiger partial charge in [0.2, 0.25) is 0 Å². The van der Waals surface area contributed by atoms with Gasteiger partial charge in [-0.2, -0.15) is 16.8 Å². The highest BCUT2D eigenvalue weighted by molar-refractivity contribution is 7.89. The Morgan fingerprint density at radius 1 is 0.633 bits per heavy atom. The van der Waals surface area contributed by atoms with Crippen molar-refractivity contribution in [1.82, 2.24) is 0 Å². The van der Waals surface area contributed by atoms with E-state index in [1.165, 1.54) is 12.1 Å². The van der Waals surface area contributed by atoms with E-state index in [4.69, 9.17) is 0 Å². The molecular weight excluding hydrogens is 428 g/mol. The molecule has 0 spiro atoms. The zero-order valence-electron chi connectivity index (χ0n) is 15.2. The van der Waals surface area contributed by atoms with Crippen molar-refractivity contribution in [3.63, 3.8) is 0 Å². The summed E-state index contributed by atoms with van der Waals surface area (Å²) in [5, 5.41) is 10.3. The van der Waals surface area contributed by atoms with E-state index < -0.39 is 35.7 Å². The summed E-state index contributed by atoms with van der Waals surface area (Å²) >= 11 is 0. The van der Waals surface area contributed by atoms with Crippen LogP contribution in [0.5, 0.6) is 0 Å². The molecule has 152 valence electrons. The van der Waals surface area contributed by atoms with E-state index in [1.807, 2.05) is 18.2 Å². The third-order valence-corrected chi connectivity index (χ3v) is 6.44. The van der Waals surface area contributed by atoms with E-state index in [9.17, 15) is 25.9 Å². The zero-order valence-corrected chi connectivity index (χ0v) is 16.8. The fourth-order valence-corrected chi connectivity index (χ4v) is 5.17. The number of rotatable bonds is 4. The highest BCUT2D eigenvalue weighted by atomic mass is 32.2. The van der Waals surface area contributed by atoms with Crippen LogP contribution in [0, 0.1) is 0 Å². The first-order valence-electron chi connectivity index (χ1n) is 8.56. The molecule has 0 aliphatic heterocycles. The average molecular weight is 442 g/mol. The van der Waals surface area contributed by atoms with E-state index in [0.717, 1.165) is 16.8 Å². The minimum Gasteiger partial charge on any atom is -0.282 e. The van der Waals surface area contributed by atoms with Crippen LogP contribution in [0.3, 0.4) is 0 Å². The van der Waals surface area contributed by atoms with E-state index in [1.54, 1.807) is 36.4 Å². The van der Waals surface area contributed by atoms with Gasteiger partial charge < -0.3 is 0 Å². The van der Waals surface area contributed by atoms with Crippen molar-refractivity contribution >= 4 is 53.2 Å². The van der Waals surface area contributed by atoms with Gasteiger partial charge in [0.05, 0.1) is 5.69 Å². The molecule has 0 saturated carbocycles. The van der Waals surface area contributed by atoms with Gasteiger partial charge in [-0.05, 0) is 22.9 Å². The first kappa shape index (κ1) is 20.1. The number of azo groups is 1. The Hall–Kier alpha value is -3.18. The summed E-state index contributed by atoms with van der Waals surface area (Å²) in [5.41, 5.74) is 0.0203. The fraction of sp³-hybridized carbons (Fsp3) is 0. The summed E-state index contributed by atoms with van der Waals surface area (Å²) in [6.45, 7) is 0. The first-order chi connectivity index (χ1) is 14.2. The van der Waals surface area contributed by atoms with Crippen LogP contribution in [0.4, 0.5) is 11.4 Å². The van der Waals surface area contributed by atoms with Crippen LogP contribution < -0.4 is 0 Å². The molecule has 0 amide bonds. The lowest BCUT2D eigenvalue weighted by Crippen LogP contribution is -2.09. The molecule has 0 fully saturated rings. The summed E-state index contributed by atoms with van der Waals surface area (Å²) in [5.74, 6) is 0. The molecule has 0 aliphatic carbocycles. The molecule has 8 nitrogen and oxygen atoms in total. The minimum atomic E-state index is -5.08. The maximum absolute atomic E-state index is 12.1. The van der Waals surface area contributed by atoms with E-state index in [-0.39, 0.29) is 5.39 Å². The van der Waals surface area contributed by atoms with Gasteiger partial charge in [-0.25, -0.2) is 0 Å². The maximum atomic E-state index is 12.1. The molecule has 0 bridgehead atoms. The molecule has 0 atom stereocenters. The molecule has 0 saturated heterocycles. The Bertz CT molecular complexity index is 1540. The topological polar surface area (TPSA) is 133 Å². The van der Waals surface area contributed by atoms with Crippen LogP contribution in [0.25, 0.3) is 21.5 Å². The van der Waals surface area contributed by atoms with Gasteiger partial charge in [0.15, 0.2) is 0 Å². The van der Waals surface area contributed by atoms with Crippen LogP contribution in [-0.4, -0.2) is 25.9 Å². The second kappa shape index (κ2) is 7.26. The summed E-state index contributed by atoms with van der Waals surface area (Å²) in [4.78, 5) is -2.01. The van der Waals surface area contributed by atoms with Crippen molar-refractivity contribution in [2.24, 2.45) is 10.2 Å². The fourth-order valence-electron chi connectivity index (χ4n) is 3.22. The van der Waals surface area contributed by atoms with Gasteiger partial charge in [0, 0.05) is 10.8 Å². The molecule has 2 N–H and O–H groups in total. The predicted molar refractivity (Wildman–Crippen MR) is 112 cm³/mol. The normalized spacial score (nSPS) is 12.7. The quantitative estimate of drug-likeness (QED) is 0.341. The standard InChI is InChI=1S/C20H14N2O6S2/c23-29(24,25)18-12-14-7-2-4-10-16(14)19(20(18)30(26,27)28)22-21-17-11-5-8-13-6-1-3-9-15(13)17/h1-12H,(H,23,24,25)(H,26,27,28). The van der Waals surface area contributed by atoms with Gasteiger partial charge in [-0.3, -0.25) is 9.11 Å². The molecule has 4 aromatic carbocycles. The third kappa shape index (κ3) is 3.68. The number of hydrogen-bond donors (Lipinski definition) is 2. The summed E-state index contributed by atoms with van der Waals surface area (Å²) < 4.78 is 67.1. The van der Waals surface area contributed by atoms with E-state index >= 15 is 0 Å². The zero-order chi connectivity index (χ0) is 21.5. The molecule has 0 unspecified atom stereocenters. The van der Waals surface area contributed by atoms with Gasteiger partial charge in [0.1, 0.15) is 15.5 Å². The Kier molecular flexibility index (Phi) is 4.86. The summed E-state index contributed by atoms with van der Waals surface area (Å²) in [7, 11) is -10.1. The van der Waals surface area contributed by atoms with Crippen molar-refractivity contribution in [3.05, 3.63) is 72.8 Å². The Balaban J connectivity index is 2.08. The number of hydrogen-bond acceptors (Lipinski definition) is 6. The van der Waals surface area contributed by atoms with Crippen molar-refractivity contribution in [1.29, 1.82) is 0 Å². The second-order valence-electron chi connectivity index (χ2n) is 6.42. The average Bonchev–Trinajstić information content (AvgIpc) is 2.70. The Morgan fingerprint density at radius 3 is 1.90 bits per heavy atom. The predicted octanol–water partition coefficient (Wildman–Crippen LogP) is 4.90. The van der Waals surface area contributed by atoms with Crippen LogP contribution in [0.1, 0.15) is 0 Å². The lowest BCUT2D eigenvalue weighted by atomic mass is 10.1. The molecule has 4 rings (SSSR count). The van der Waals surface area contributed by atoms with Crippen molar-refractivity contribution in [2.45, 2.75) is 9.79 Å². The van der Waals surface area contributed by atoms with Crippen LogP contribution in [-0.2, 0) is 20.2 Å². The first-order valence-corrected chi connectivity index (χ1v) is 11.4. The van der Waals surface area contributed by atoms with Gasteiger partial charge in [-0.1, -0.05) is 60.7 Å². The second-order valence-corrected chi connectivity index (χ2v) is 9.17. The third-order valence-electron chi connectivity index (χ3n) is 4.50. The molecule has 30 heavy (non-hydrogen) atoms. The molecule has 0 heterocycles. The Morgan fingerprint density at radius 2 is 1.23 bits per heavy atom. The highest BCUT2D eigenvalue weighted by Gasteiger charge is 2.29. The lowest BCUT2D eigenvalue weighted by Gasteiger charge is -2.11. The molecule has 0 aliphatic rings. The monoisotopic (exact) mass is 442 g/mol. The van der Waals surface area contributed by atoms with Crippen molar-refractivity contribution in [2.75, 3.05) is 0 Å². The summed E-state index contributed by atoms with van der Waals surface area (Å²) in [6, 6.07) is 19.8. The molecular formula is C20H14N2O6S2. The van der Waals surface area contributed by atoms with E-state index in [2.05, 4.69) is 10.2 Å². The summed E-state index contributed by atoms with van der Waals surface area (Å²) in [6.07, 6.45) is 0. The van der Waals surface area contributed by atoms with Crippen LogP contribution in [0.2, 0.25) is 0 Å². The van der Waals surface area contributed by atoms with E-state index in [0.29, 0.717) is 11.1 Å². The molecule has 0 aromatic heterocycles. The number of nitrogens with zero attached hydrogens (tertiary/aromatic N) is 2. The van der Waals surface area contributed by atoms with Gasteiger partial charge >= 0.3 is 0 Å². The highest BCUT2D eigenvalue weighted by Crippen LogP contribution is 2.39. The molecule has 10 heteroatoms. The van der Waals surface area contributed by atoms with Crippen molar-refractivity contribution < 1.29 is 25.9 Å². The van der Waals surface area contributed by atoms with Gasteiger partial charge in [0.25, 0.3) is 20.2 Å². The maximum Gasteiger partial charge on any atom is 0.298 e. The Labute approximate surface area is 172 Å². The largest absolute Gasteiger partial charge is 0.298 e. The van der Waals surface area contributed by atoms with Crippen molar-refractivity contribution in [3.8, 4) is 0 Å². The van der Waals surface area contributed by atoms with Crippen LogP contribution in [0.15, 0.2) is 92.8 Å². The lowest BCUT2D eigenvalue weighted by molar-refractivity contribution is 0.467. The number of fused-ring (bicyclic) bond motifs is 2. The minimum absolute atomic E-state index is 0.238. The molecule has 0 radical (unpaired) electrons. The van der Waals surface area contributed by atoms with Gasteiger partial charge in [-0.15, -0.1) is 10.2 Å².